The summed E-state index contributed by atoms with van der Waals surface area (Å²) in [4.78, 5) is 76.4. The monoisotopic (exact) mass is 564 g/mol. The quantitative estimate of drug-likeness (QED) is 0.0488. The van der Waals surface area contributed by atoms with Gasteiger partial charge in [0.25, 0.3) is 0 Å². The Bertz CT molecular complexity index is 1080. The Kier molecular flexibility index (Phi) is 14.1. The summed E-state index contributed by atoms with van der Waals surface area (Å²) in [7, 11) is 0. The van der Waals surface area contributed by atoms with Crippen molar-refractivity contribution in [3.8, 4) is 0 Å². The summed E-state index contributed by atoms with van der Waals surface area (Å²) in [6.07, 6.45) is -1.12. The van der Waals surface area contributed by atoms with Gasteiger partial charge >= 0.3 is 11.9 Å². The van der Waals surface area contributed by atoms with Crippen LogP contribution in [0.2, 0.25) is 0 Å². The number of nitrogens with two attached hydrogens (primary N) is 4. The van der Waals surface area contributed by atoms with E-state index in [-0.39, 0.29) is 44.6 Å². The molecule has 0 bridgehead atoms. The van der Waals surface area contributed by atoms with Gasteiger partial charge in [0.05, 0.1) is 12.5 Å². The van der Waals surface area contributed by atoms with E-state index in [0.29, 0.717) is 5.56 Å². The topological polar surface area (TPSA) is 295 Å². The predicted octanol–water partition coefficient (Wildman–Crippen LogP) is -3.11. The molecule has 0 aliphatic carbocycles. The summed E-state index contributed by atoms with van der Waals surface area (Å²) < 4.78 is 0. The first-order valence-corrected chi connectivity index (χ1v) is 12.3. The van der Waals surface area contributed by atoms with Crippen molar-refractivity contribution in [2.24, 2.45) is 27.9 Å². The highest BCUT2D eigenvalue weighted by atomic mass is 16.4. The van der Waals surface area contributed by atoms with Crippen LogP contribution in [-0.4, -0.2) is 82.5 Å². The SMILES string of the molecule is NC(=O)CCC(NC(=O)C(N)CC(=O)O)C(=O)NC(Cc1ccccc1)C(=O)NC(CCCN=C(N)N)C(=O)O. The third-order valence-electron chi connectivity index (χ3n) is 5.52. The molecule has 40 heavy (non-hydrogen) atoms. The molecule has 16 heteroatoms. The molecular formula is C24H36N8O8. The lowest BCUT2D eigenvalue weighted by Gasteiger charge is -2.25. The van der Waals surface area contributed by atoms with Crippen LogP contribution in [0.4, 0.5) is 0 Å². The number of hydrogen-bond acceptors (Lipinski definition) is 8. The van der Waals surface area contributed by atoms with Crippen LogP contribution in [0, 0.1) is 0 Å². The molecular weight excluding hydrogens is 528 g/mol. The van der Waals surface area contributed by atoms with Gasteiger partial charge in [-0.05, 0) is 24.8 Å². The van der Waals surface area contributed by atoms with Crippen LogP contribution in [0.25, 0.3) is 0 Å². The molecule has 0 saturated heterocycles. The lowest BCUT2D eigenvalue weighted by atomic mass is 10.0. The number of hydrogen-bond donors (Lipinski definition) is 9. The van der Waals surface area contributed by atoms with E-state index >= 15 is 0 Å². The van der Waals surface area contributed by atoms with E-state index in [1.165, 1.54) is 0 Å². The number of carboxylic acid groups (broad SMARTS) is 2. The Morgan fingerprint density at radius 3 is 1.93 bits per heavy atom. The molecule has 0 spiro atoms. The summed E-state index contributed by atoms with van der Waals surface area (Å²) >= 11 is 0. The zero-order valence-corrected chi connectivity index (χ0v) is 21.7. The molecule has 0 saturated carbocycles. The third-order valence-corrected chi connectivity index (χ3v) is 5.52. The first kappa shape index (κ1) is 33.3. The Balaban J connectivity index is 3.12. The average molecular weight is 565 g/mol. The van der Waals surface area contributed by atoms with E-state index in [4.69, 9.17) is 28.0 Å². The molecule has 4 atom stereocenters. The van der Waals surface area contributed by atoms with Gasteiger partial charge in [0.2, 0.25) is 23.6 Å². The highest BCUT2D eigenvalue weighted by Crippen LogP contribution is 2.08. The summed E-state index contributed by atoms with van der Waals surface area (Å²) in [5.74, 6) is -6.29. The van der Waals surface area contributed by atoms with Crippen molar-refractivity contribution in [3.05, 3.63) is 35.9 Å². The van der Waals surface area contributed by atoms with Gasteiger partial charge in [-0.1, -0.05) is 30.3 Å². The van der Waals surface area contributed by atoms with E-state index in [0.717, 1.165) is 0 Å². The summed E-state index contributed by atoms with van der Waals surface area (Å²) in [5, 5.41) is 25.6. The largest absolute Gasteiger partial charge is 0.481 e. The number of amides is 4. The second kappa shape index (κ2) is 17.0. The summed E-state index contributed by atoms with van der Waals surface area (Å²) in [5.41, 5.74) is 21.9. The van der Waals surface area contributed by atoms with Crippen LogP contribution in [0.15, 0.2) is 35.3 Å². The molecule has 1 aromatic rings. The number of guanidine groups is 1. The number of aliphatic imine (C=N–C) groups is 1. The number of carbonyl (C=O) groups is 6. The van der Waals surface area contributed by atoms with Crippen molar-refractivity contribution < 1.29 is 39.0 Å². The van der Waals surface area contributed by atoms with Crippen LogP contribution < -0.4 is 38.9 Å². The molecule has 0 aliphatic rings. The Morgan fingerprint density at radius 1 is 0.800 bits per heavy atom. The van der Waals surface area contributed by atoms with Crippen LogP contribution in [0.3, 0.4) is 0 Å². The van der Waals surface area contributed by atoms with Crippen molar-refractivity contribution in [2.45, 2.75) is 62.7 Å². The molecule has 0 heterocycles. The Morgan fingerprint density at radius 2 is 1.38 bits per heavy atom. The molecule has 16 nitrogen and oxygen atoms in total. The molecule has 4 unspecified atom stereocenters. The van der Waals surface area contributed by atoms with Gasteiger partial charge < -0.3 is 49.1 Å². The minimum Gasteiger partial charge on any atom is -0.481 e. The first-order chi connectivity index (χ1) is 18.8. The third kappa shape index (κ3) is 13.2. The second-order valence-corrected chi connectivity index (χ2v) is 8.87. The van der Waals surface area contributed by atoms with Crippen molar-refractivity contribution in [2.75, 3.05) is 6.54 Å². The highest BCUT2D eigenvalue weighted by Gasteiger charge is 2.31. The molecule has 0 fully saturated rings. The van der Waals surface area contributed by atoms with E-state index < -0.39 is 66.2 Å². The maximum absolute atomic E-state index is 13.2. The minimum absolute atomic E-state index is 0.0113. The van der Waals surface area contributed by atoms with Crippen LogP contribution in [-0.2, 0) is 35.2 Å². The molecule has 0 aliphatic heterocycles. The zero-order chi connectivity index (χ0) is 30.2. The average Bonchev–Trinajstić information content (AvgIpc) is 2.87. The normalized spacial score (nSPS) is 13.5. The van der Waals surface area contributed by atoms with Crippen molar-refractivity contribution in [3.63, 3.8) is 0 Å². The van der Waals surface area contributed by atoms with Gasteiger partial charge in [-0.2, -0.15) is 0 Å². The first-order valence-electron chi connectivity index (χ1n) is 12.3. The van der Waals surface area contributed by atoms with Gasteiger partial charge in [-0.15, -0.1) is 0 Å². The standard InChI is InChI=1S/C24H36N8O8/c25-14(12-19(34)35)20(36)30-15(8-9-18(26)33)21(37)32-17(11-13-5-2-1-3-6-13)22(38)31-16(23(39)40)7-4-10-29-24(27)28/h1-3,5-6,14-17H,4,7-12,25H2,(H2,26,33)(H,30,36)(H,31,38)(H,32,37)(H,34,35)(H,39,40)(H4,27,28,29). The number of benzene rings is 1. The molecule has 220 valence electrons. The number of nitrogens with one attached hydrogen (secondary N) is 3. The number of nitrogens with zero attached hydrogens (tertiary/aromatic N) is 1. The van der Waals surface area contributed by atoms with Gasteiger partial charge in [-0.3, -0.25) is 29.0 Å². The number of aliphatic carboxylic acids is 2. The van der Waals surface area contributed by atoms with Gasteiger partial charge in [0.1, 0.15) is 18.1 Å². The molecule has 1 aromatic carbocycles. The highest BCUT2D eigenvalue weighted by molar-refractivity contribution is 5.95. The van der Waals surface area contributed by atoms with E-state index in [1.54, 1.807) is 30.3 Å². The van der Waals surface area contributed by atoms with Gasteiger partial charge in [-0.25, -0.2) is 4.79 Å². The maximum Gasteiger partial charge on any atom is 0.326 e. The number of rotatable bonds is 18. The van der Waals surface area contributed by atoms with Crippen molar-refractivity contribution >= 4 is 41.5 Å². The predicted molar refractivity (Wildman–Crippen MR) is 142 cm³/mol. The lowest BCUT2D eigenvalue weighted by Crippen LogP contribution is -2.57. The second-order valence-electron chi connectivity index (χ2n) is 8.87. The smallest absolute Gasteiger partial charge is 0.326 e. The van der Waals surface area contributed by atoms with Crippen LogP contribution in [0.1, 0.15) is 37.7 Å². The fourth-order valence-corrected chi connectivity index (χ4v) is 3.48. The minimum atomic E-state index is -1.49. The molecule has 0 radical (unpaired) electrons. The van der Waals surface area contributed by atoms with Crippen molar-refractivity contribution in [1.82, 2.24) is 16.0 Å². The summed E-state index contributed by atoms with van der Waals surface area (Å²) in [6, 6.07) is 3.02. The van der Waals surface area contributed by atoms with E-state index in [9.17, 15) is 33.9 Å². The Hall–Kier alpha value is -4.73. The zero-order valence-electron chi connectivity index (χ0n) is 21.7. The van der Waals surface area contributed by atoms with Gasteiger partial charge in [0, 0.05) is 19.4 Å². The number of primary amides is 1. The van der Waals surface area contributed by atoms with Gasteiger partial charge in [0.15, 0.2) is 5.96 Å². The number of carboxylic acids is 2. The fourth-order valence-electron chi connectivity index (χ4n) is 3.48. The lowest BCUT2D eigenvalue weighted by molar-refractivity contribution is -0.142. The summed E-state index contributed by atoms with van der Waals surface area (Å²) in [6.45, 7) is 0.136. The van der Waals surface area contributed by atoms with E-state index in [2.05, 4.69) is 20.9 Å². The molecule has 13 N–H and O–H groups in total. The van der Waals surface area contributed by atoms with Crippen LogP contribution >= 0.6 is 0 Å². The number of carbonyl (C=O) groups excluding carboxylic acids is 4. The van der Waals surface area contributed by atoms with E-state index in [1.807, 2.05) is 0 Å². The fraction of sp³-hybridized carbons (Fsp3) is 0.458. The Labute approximate surface area is 229 Å². The van der Waals surface area contributed by atoms with Crippen molar-refractivity contribution in [1.29, 1.82) is 0 Å². The molecule has 1 rings (SSSR count). The maximum atomic E-state index is 13.2. The van der Waals surface area contributed by atoms with Crippen LogP contribution in [0.5, 0.6) is 0 Å². The molecule has 4 amide bonds. The molecule has 0 aromatic heterocycles.